The maximum atomic E-state index is 13.1. The van der Waals surface area contributed by atoms with Gasteiger partial charge in [0.2, 0.25) is 0 Å². The molecule has 184 valence electrons. The molecule has 0 saturated carbocycles. The van der Waals surface area contributed by atoms with Gasteiger partial charge in [0.05, 0.1) is 11.6 Å². The zero-order chi connectivity index (χ0) is 25.0. The molecule has 0 spiro atoms. The van der Waals surface area contributed by atoms with Crippen molar-refractivity contribution in [2.45, 2.75) is 90.4 Å². The van der Waals surface area contributed by atoms with Crippen LogP contribution in [0.25, 0.3) is 5.57 Å². The van der Waals surface area contributed by atoms with Crippen molar-refractivity contribution in [3.05, 3.63) is 76.9 Å². The molecule has 3 nitrogen and oxygen atoms in total. The summed E-state index contributed by atoms with van der Waals surface area (Å²) in [5.41, 5.74) is 6.13. The Hall–Kier alpha value is -2.99. The van der Waals surface area contributed by atoms with E-state index in [4.69, 9.17) is 4.99 Å². The standard InChI is InChI=1S/C32H40N2O/c1-4-5-6-7-8-9-10-32(35)31-22-30(28-13-11-25(23-33)12-14-28)21-29(19-20-34-31)27-17-15-26(16-18-27)24(2)3/h11-18,22,24,29H,4-10,19-21H2,1-3H3/b30-22+,34-31+/t29-/m0/s1. The van der Waals surface area contributed by atoms with Crippen molar-refractivity contribution < 1.29 is 4.79 Å². The third-order valence-corrected chi connectivity index (χ3v) is 7.04. The second kappa shape index (κ2) is 13.8. The van der Waals surface area contributed by atoms with E-state index in [1.165, 1.54) is 36.8 Å². The lowest BCUT2D eigenvalue weighted by Crippen LogP contribution is -2.16. The van der Waals surface area contributed by atoms with Gasteiger partial charge in [-0.05, 0) is 71.6 Å². The summed E-state index contributed by atoms with van der Waals surface area (Å²) in [5, 5.41) is 9.21. The number of rotatable bonds is 11. The number of hydrogen-bond acceptors (Lipinski definition) is 3. The first-order valence-electron chi connectivity index (χ1n) is 13.4. The zero-order valence-electron chi connectivity index (χ0n) is 21.7. The van der Waals surface area contributed by atoms with Gasteiger partial charge in [-0.1, -0.05) is 89.3 Å². The first-order chi connectivity index (χ1) is 17.0. The van der Waals surface area contributed by atoms with Gasteiger partial charge in [-0.3, -0.25) is 9.79 Å². The van der Waals surface area contributed by atoms with Gasteiger partial charge in [-0.25, -0.2) is 0 Å². The number of hydrogen-bond donors (Lipinski definition) is 0. The summed E-state index contributed by atoms with van der Waals surface area (Å²) in [6.45, 7) is 7.33. The van der Waals surface area contributed by atoms with E-state index in [1.807, 2.05) is 30.3 Å². The van der Waals surface area contributed by atoms with Crippen molar-refractivity contribution in [2.75, 3.05) is 6.54 Å². The first-order valence-corrected chi connectivity index (χ1v) is 13.4. The summed E-state index contributed by atoms with van der Waals surface area (Å²) in [6, 6.07) is 18.9. The van der Waals surface area contributed by atoms with Gasteiger partial charge in [-0.2, -0.15) is 5.26 Å². The van der Waals surface area contributed by atoms with Crippen LogP contribution in [0.3, 0.4) is 0 Å². The predicted molar refractivity (Wildman–Crippen MR) is 147 cm³/mol. The van der Waals surface area contributed by atoms with Crippen LogP contribution in [0.1, 0.15) is 113 Å². The van der Waals surface area contributed by atoms with Crippen molar-refractivity contribution in [3.63, 3.8) is 0 Å². The molecule has 0 radical (unpaired) electrons. The Kier molecular flexibility index (Phi) is 10.5. The van der Waals surface area contributed by atoms with Gasteiger partial charge in [0.1, 0.15) is 5.71 Å². The van der Waals surface area contributed by atoms with Gasteiger partial charge in [0.15, 0.2) is 5.78 Å². The average Bonchev–Trinajstić information content (AvgIpc) is 2.86. The number of allylic oxidation sites excluding steroid dienone is 2. The quantitative estimate of drug-likeness (QED) is 0.311. The number of unbranched alkanes of at least 4 members (excludes halogenated alkanes) is 5. The summed E-state index contributed by atoms with van der Waals surface area (Å²) >= 11 is 0. The molecule has 2 aromatic rings. The lowest BCUT2D eigenvalue weighted by atomic mass is 9.84. The molecule has 0 fully saturated rings. The Balaban J connectivity index is 1.79. The lowest BCUT2D eigenvalue weighted by molar-refractivity contribution is -0.113. The van der Waals surface area contributed by atoms with Crippen LogP contribution in [0, 0.1) is 11.3 Å². The average molecular weight is 469 g/mol. The fraction of sp³-hybridized carbons (Fsp3) is 0.469. The minimum atomic E-state index is 0.159. The number of aliphatic imine (C=N–C) groups is 1. The SMILES string of the molecule is CCCCCCCCC(=O)C1=N/CC[C@H](c2ccc(C(C)C)cc2)C/C(c2ccc(C#N)cc2)=C\1. The van der Waals surface area contributed by atoms with E-state index in [9.17, 15) is 10.1 Å². The number of nitrogens with zero attached hydrogens (tertiary/aromatic N) is 2. The third-order valence-electron chi connectivity index (χ3n) is 7.04. The molecule has 0 saturated heterocycles. The van der Waals surface area contributed by atoms with Crippen molar-refractivity contribution in [1.29, 1.82) is 5.26 Å². The Morgan fingerprint density at radius 3 is 2.34 bits per heavy atom. The van der Waals surface area contributed by atoms with E-state index in [0.717, 1.165) is 36.8 Å². The minimum absolute atomic E-state index is 0.159. The molecular weight excluding hydrogens is 428 g/mol. The number of ketones is 1. The van der Waals surface area contributed by atoms with Gasteiger partial charge in [0, 0.05) is 13.0 Å². The van der Waals surface area contributed by atoms with Crippen LogP contribution in [-0.2, 0) is 4.79 Å². The van der Waals surface area contributed by atoms with Gasteiger partial charge >= 0.3 is 0 Å². The fourth-order valence-corrected chi connectivity index (χ4v) is 4.74. The maximum Gasteiger partial charge on any atom is 0.180 e. The van der Waals surface area contributed by atoms with E-state index in [0.29, 0.717) is 36.1 Å². The molecule has 3 heteroatoms. The Morgan fingerprint density at radius 2 is 1.69 bits per heavy atom. The van der Waals surface area contributed by atoms with Gasteiger partial charge < -0.3 is 0 Å². The van der Waals surface area contributed by atoms with Gasteiger partial charge in [-0.15, -0.1) is 0 Å². The van der Waals surface area contributed by atoms with E-state index in [1.54, 1.807) is 0 Å². The molecule has 3 rings (SSSR count). The molecule has 1 heterocycles. The molecule has 2 aromatic carbocycles. The summed E-state index contributed by atoms with van der Waals surface area (Å²) in [5.74, 6) is 1.02. The number of benzene rings is 2. The van der Waals surface area contributed by atoms with Crippen LogP contribution in [0.2, 0.25) is 0 Å². The highest BCUT2D eigenvalue weighted by atomic mass is 16.1. The number of Topliss-reactive ketones (excluding diaryl/α,β-unsaturated/α-hetero) is 1. The van der Waals surface area contributed by atoms with Crippen LogP contribution in [-0.4, -0.2) is 18.0 Å². The third kappa shape index (κ3) is 8.03. The van der Waals surface area contributed by atoms with Crippen LogP contribution < -0.4 is 0 Å². The van der Waals surface area contributed by atoms with Crippen LogP contribution in [0.4, 0.5) is 0 Å². The monoisotopic (exact) mass is 468 g/mol. The van der Waals surface area contributed by atoms with Crippen molar-refractivity contribution in [1.82, 2.24) is 0 Å². The minimum Gasteiger partial charge on any atom is -0.292 e. The molecule has 0 aromatic heterocycles. The highest BCUT2D eigenvalue weighted by Crippen LogP contribution is 2.34. The maximum absolute atomic E-state index is 13.1. The van der Waals surface area contributed by atoms with Crippen molar-refractivity contribution >= 4 is 17.1 Å². The summed E-state index contributed by atoms with van der Waals surface area (Å²) in [4.78, 5) is 17.8. The summed E-state index contributed by atoms with van der Waals surface area (Å²) in [6.07, 6.45) is 11.4. The van der Waals surface area contributed by atoms with Gasteiger partial charge in [0.25, 0.3) is 0 Å². The van der Waals surface area contributed by atoms with Crippen LogP contribution >= 0.6 is 0 Å². The molecule has 1 aliphatic rings. The normalized spacial score (nSPS) is 19.1. The fourth-order valence-electron chi connectivity index (χ4n) is 4.74. The van der Waals surface area contributed by atoms with Crippen LogP contribution in [0.5, 0.6) is 0 Å². The summed E-state index contributed by atoms with van der Waals surface area (Å²) < 4.78 is 0. The molecule has 0 unspecified atom stereocenters. The second-order valence-electron chi connectivity index (χ2n) is 10.1. The van der Waals surface area contributed by atoms with Crippen molar-refractivity contribution in [2.24, 2.45) is 4.99 Å². The molecule has 35 heavy (non-hydrogen) atoms. The smallest absolute Gasteiger partial charge is 0.180 e. The number of nitriles is 1. The lowest BCUT2D eigenvalue weighted by Gasteiger charge is -2.22. The topological polar surface area (TPSA) is 53.2 Å². The highest BCUT2D eigenvalue weighted by Gasteiger charge is 2.20. The molecule has 0 amide bonds. The molecule has 1 atom stereocenters. The highest BCUT2D eigenvalue weighted by molar-refractivity contribution is 6.45. The largest absolute Gasteiger partial charge is 0.292 e. The Morgan fingerprint density at radius 1 is 1.00 bits per heavy atom. The summed E-state index contributed by atoms with van der Waals surface area (Å²) in [7, 11) is 0. The molecule has 0 aliphatic carbocycles. The second-order valence-corrected chi connectivity index (χ2v) is 10.1. The molecule has 0 N–H and O–H groups in total. The van der Waals surface area contributed by atoms with E-state index < -0.39 is 0 Å². The number of carbonyl (C=O) groups is 1. The van der Waals surface area contributed by atoms with E-state index >= 15 is 0 Å². The van der Waals surface area contributed by atoms with Crippen LogP contribution in [0.15, 0.2) is 59.6 Å². The predicted octanol–water partition coefficient (Wildman–Crippen LogP) is 8.40. The Labute approximate surface area is 212 Å². The Bertz CT molecular complexity index is 1050. The first kappa shape index (κ1) is 26.6. The van der Waals surface area contributed by atoms with Crippen molar-refractivity contribution in [3.8, 4) is 6.07 Å². The molecular formula is C32H40N2O. The zero-order valence-corrected chi connectivity index (χ0v) is 21.7. The van der Waals surface area contributed by atoms with E-state index in [2.05, 4.69) is 51.1 Å². The molecule has 1 aliphatic heterocycles. The molecule has 0 bridgehead atoms. The van der Waals surface area contributed by atoms with E-state index in [-0.39, 0.29) is 5.78 Å². The number of carbonyl (C=O) groups excluding carboxylic acids is 1.